The largest absolute Gasteiger partial charge is 0.388 e. The van der Waals surface area contributed by atoms with Crippen molar-refractivity contribution in [2.24, 2.45) is 5.92 Å². The highest BCUT2D eigenvalue weighted by Gasteiger charge is 2.41. The van der Waals surface area contributed by atoms with Crippen LogP contribution in [-0.2, 0) is 9.47 Å². The van der Waals surface area contributed by atoms with Crippen LogP contribution in [0.25, 0.3) is 0 Å². The minimum atomic E-state index is -0.560. The number of hydrogen-bond acceptors (Lipinski definition) is 4. The average Bonchev–Trinajstić information content (AvgIpc) is 2.78. The van der Waals surface area contributed by atoms with Gasteiger partial charge in [0.15, 0.2) is 0 Å². The Bertz CT molecular complexity index is 465. The van der Waals surface area contributed by atoms with Gasteiger partial charge in [0.2, 0.25) is 0 Å². The zero-order valence-corrected chi connectivity index (χ0v) is 13.4. The first-order valence-corrected chi connectivity index (χ1v) is 8.51. The quantitative estimate of drug-likeness (QED) is 0.884. The number of aliphatic hydroxyl groups excluding tert-OH is 1. The Kier molecular flexibility index (Phi) is 4.60. The fourth-order valence-electron chi connectivity index (χ4n) is 3.24. The van der Waals surface area contributed by atoms with Crippen LogP contribution in [0, 0.1) is 5.92 Å². The van der Waals surface area contributed by atoms with E-state index in [1.807, 2.05) is 0 Å². The van der Waals surface area contributed by atoms with Crippen LogP contribution >= 0.6 is 34.5 Å². The summed E-state index contributed by atoms with van der Waals surface area (Å²) in [5, 5.41) is 10.6. The molecule has 6 heteroatoms. The fourth-order valence-corrected chi connectivity index (χ4v) is 4.77. The molecular weight excluding hydrogens is 319 g/mol. The Morgan fingerprint density at radius 1 is 1.30 bits per heavy atom. The molecule has 0 amide bonds. The first-order chi connectivity index (χ1) is 9.60. The van der Waals surface area contributed by atoms with Crippen LogP contribution in [0.2, 0.25) is 8.67 Å². The van der Waals surface area contributed by atoms with Crippen LogP contribution in [0.4, 0.5) is 0 Å². The Labute approximate surface area is 132 Å². The van der Waals surface area contributed by atoms with Gasteiger partial charge in [0.1, 0.15) is 4.34 Å². The lowest BCUT2D eigenvalue weighted by atomic mass is 9.77. The third kappa shape index (κ3) is 3.01. The molecule has 0 radical (unpaired) electrons. The van der Waals surface area contributed by atoms with Gasteiger partial charge in [-0.15, -0.1) is 11.3 Å². The Morgan fingerprint density at radius 2 is 2.05 bits per heavy atom. The van der Waals surface area contributed by atoms with Gasteiger partial charge in [-0.05, 0) is 37.7 Å². The summed E-state index contributed by atoms with van der Waals surface area (Å²) in [5.74, 6) is 0.171. The van der Waals surface area contributed by atoms with Crippen LogP contribution in [0.1, 0.15) is 37.4 Å². The lowest BCUT2D eigenvalue weighted by Crippen LogP contribution is -2.45. The number of hydrogen-bond donors (Lipinski definition) is 1. The van der Waals surface area contributed by atoms with Crippen molar-refractivity contribution in [3.05, 3.63) is 20.3 Å². The van der Waals surface area contributed by atoms with Crippen LogP contribution in [-0.4, -0.2) is 30.5 Å². The van der Waals surface area contributed by atoms with E-state index in [0.29, 0.717) is 15.3 Å². The molecule has 2 atom stereocenters. The van der Waals surface area contributed by atoms with Gasteiger partial charge in [0.05, 0.1) is 16.0 Å². The van der Waals surface area contributed by atoms with Crippen molar-refractivity contribution in [2.75, 3.05) is 19.8 Å². The van der Waals surface area contributed by atoms with Crippen LogP contribution in [0.15, 0.2) is 6.07 Å². The molecule has 1 aromatic rings. The normalized spacial score (nSPS) is 27.6. The molecule has 1 N–H and O–H groups in total. The van der Waals surface area contributed by atoms with E-state index >= 15 is 0 Å². The maximum atomic E-state index is 10.6. The Balaban J connectivity index is 1.74. The van der Waals surface area contributed by atoms with Gasteiger partial charge < -0.3 is 14.6 Å². The van der Waals surface area contributed by atoms with E-state index in [0.717, 1.165) is 44.5 Å². The van der Waals surface area contributed by atoms with Gasteiger partial charge in [-0.3, -0.25) is 0 Å². The maximum absolute atomic E-state index is 10.6. The van der Waals surface area contributed by atoms with Crippen LogP contribution in [0.5, 0.6) is 0 Å². The van der Waals surface area contributed by atoms with E-state index in [1.165, 1.54) is 11.3 Å². The molecular formula is C14H18Cl2O3S. The van der Waals surface area contributed by atoms with Crippen molar-refractivity contribution < 1.29 is 14.6 Å². The molecule has 2 saturated heterocycles. The summed E-state index contributed by atoms with van der Waals surface area (Å²) in [6.07, 6.45) is 2.98. The first kappa shape index (κ1) is 15.1. The van der Waals surface area contributed by atoms with E-state index < -0.39 is 6.10 Å². The molecule has 3 heterocycles. The molecule has 2 aliphatic rings. The molecule has 20 heavy (non-hydrogen) atoms. The van der Waals surface area contributed by atoms with Gasteiger partial charge >= 0.3 is 0 Å². The molecule has 112 valence electrons. The van der Waals surface area contributed by atoms with E-state index in [4.69, 9.17) is 32.7 Å². The summed E-state index contributed by atoms with van der Waals surface area (Å²) in [5.41, 5.74) is 0.643. The lowest BCUT2D eigenvalue weighted by Gasteiger charge is -2.44. The topological polar surface area (TPSA) is 38.7 Å². The standard InChI is InChI=1S/C14H18Cl2O3S/c15-11-7-10(13(16)20-11)12(17)9-1-4-19-14(8-9)2-5-18-6-3-14/h7,9,12,17H,1-6,8H2. The molecule has 2 aliphatic heterocycles. The number of aliphatic hydroxyl groups is 1. The zero-order valence-electron chi connectivity index (χ0n) is 11.1. The van der Waals surface area contributed by atoms with Crippen LogP contribution < -0.4 is 0 Å². The van der Waals surface area contributed by atoms with Gasteiger partial charge in [-0.25, -0.2) is 0 Å². The highest BCUT2D eigenvalue weighted by atomic mass is 35.5. The highest BCUT2D eigenvalue weighted by Crippen LogP contribution is 2.45. The van der Waals surface area contributed by atoms with E-state index in [1.54, 1.807) is 6.07 Å². The maximum Gasteiger partial charge on any atom is 0.100 e. The third-order valence-corrected chi connectivity index (χ3v) is 5.90. The summed E-state index contributed by atoms with van der Waals surface area (Å²) in [6.45, 7) is 2.18. The summed E-state index contributed by atoms with van der Waals surface area (Å²) in [6, 6.07) is 1.78. The molecule has 0 aliphatic carbocycles. The molecule has 0 bridgehead atoms. The summed E-state index contributed by atoms with van der Waals surface area (Å²) in [7, 11) is 0. The van der Waals surface area contributed by atoms with E-state index in [-0.39, 0.29) is 11.5 Å². The number of halogens is 2. The van der Waals surface area contributed by atoms with Crippen molar-refractivity contribution >= 4 is 34.5 Å². The molecule has 2 fully saturated rings. The second-order valence-corrected chi connectivity index (χ2v) is 7.91. The van der Waals surface area contributed by atoms with E-state index in [2.05, 4.69) is 0 Å². The molecule has 3 nitrogen and oxygen atoms in total. The molecule has 1 spiro atoms. The van der Waals surface area contributed by atoms with Crippen molar-refractivity contribution in [3.8, 4) is 0 Å². The predicted molar refractivity (Wildman–Crippen MR) is 80.8 cm³/mol. The van der Waals surface area contributed by atoms with Gasteiger partial charge in [0.25, 0.3) is 0 Å². The number of ether oxygens (including phenoxy) is 2. The summed E-state index contributed by atoms with van der Waals surface area (Å²) in [4.78, 5) is 0. The fraction of sp³-hybridized carbons (Fsp3) is 0.714. The predicted octanol–water partition coefficient (Wildman–Crippen LogP) is 4.06. The van der Waals surface area contributed by atoms with Crippen LogP contribution in [0.3, 0.4) is 0 Å². The second-order valence-electron chi connectivity index (χ2n) is 5.62. The monoisotopic (exact) mass is 336 g/mol. The zero-order chi connectivity index (χ0) is 14.2. The average molecular weight is 337 g/mol. The lowest BCUT2D eigenvalue weighted by molar-refractivity contribution is -0.159. The Morgan fingerprint density at radius 3 is 2.70 bits per heavy atom. The number of rotatable bonds is 2. The highest BCUT2D eigenvalue weighted by molar-refractivity contribution is 7.20. The van der Waals surface area contributed by atoms with E-state index in [9.17, 15) is 5.11 Å². The molecule has 3 rings (SSSR count). The minimum Gasteiger partial charge on any atom is -0.388 e. The number of thiophene rings is 1. The smallest absolute Gasteiger partial charge is 0.100 e. The Hall–Kier alpha value is 0.160. The molecule has 1 aromatic heterocycles. The summed E-state index contributed by atoms with van der Waals surface area (Å²) < 4.78 is 12.6. The molecule has 2 unspecified atom stereocenters. The van der Waals surface area contributed by atoms with Crippen molar-refractivity contribution in [1.29, 1.82) is 0 Å². The third-order valence-electron chi connectivity index (χ3n) is 4.38. The van der Waals surface area contributed by atoms with Crippen molar-refractivity contribution in [3.63, 3.8) is 0 Å². The molecule has 0 aromatic carbocycles. The first-order valence-electron chi connectivity index (χ1n) is 6.94. The van der Waals surface area contributed by atoms with Gasteiger partial charge in [0, 0.05) is 25.4 Å². The SMILES string of the molecule is OC(c1cc(Cl)sc1Cl)C1CCOC2(CCOCC2)C1. The van der Waals surface area contributed by atoms with Gasteiger partial charge in [-0.2, -0.15) is 0 Å². The molecule has 0 saturated carbocycles. The van der Waals surface area contributed by atoms with Crippen molar-refractivity contribution in [1.82, 2.24) is 0 Å². The minimum absolute atomic E-state index is 0.117. The van der Waals surface area contributed by atoms with Gasteiger partial charge in [-0.1, -0.05) is 23.2 Å². The van der Waals surface area contributed by atoms with Crippen molar-refractivity contribution in [2.45, 2.75) is 37.4 Å². The summed E-state index contributed by atoms with van der Waals surface area (Å²) >= 11 is 13.4. The second kappa shape index (κ2) is 6.11.